The minimum absolute atomic E-state index is 0.698. The van der Waals surface area contributed by atoms with Gasteiger partial charge in [0.25, 0.3) is 0 Å². The van der Waals surface area contributed by atoms with Crippen molar-refractivity contribution >= 4 is 0 Å². The van der Waals surface area contributed by atoms with Crippen molar-refractivity contribution in [1.82, 2.24) is 10.2 Å². The predicted octanol–water partition coefficient (Wildman–Crippen LogP) is 2.27. The van der Waals surface area contributed by atoms with Gasteiger partial charge < -0.3 is 5.32 Å². The first-order valence-electron chi connectivity index (χ1n) is 6.17. The molecule has 0 bridgehead atoms. The highest BCUT2D eigenvalue weighted by Gasteiger charge is 2.18. The van der Waals surface area contributed by atoms with Gasteiger partial charge in [-0.1, -0.05) is 25.5 Å². The van der Waals surface area contributed by atoms with Gasteiger partial charge in [0.1, 0.15) is 0 Å². The lowest BCUT2D eigenvalue weighted by Gasteiger charge is -2.34. The molecule has 0 aromatic carbocycles. The van der Waals surface area contributed by atoms with E-state index in [4.69, 9.17) is 0 Å². The van der Waals surface area contributed by atoms with Crippen LogP contribution in [0, 0.1) is 5.92 Å². The zero-order valence-electron chi connectivity index (χ0n) is 10.7. The topological polar surface area (TPSA) is 15.3 Å². The van der Waals surface area contributed by atoms with Crippen LogP contribution < -0.4 is 5.32 Å². The summed E-state index contributed by atoms with van der Waals surface area (Å²) in [5, 5.41) is 3.61. The van der Waals surface area contributed by atoms with E-state index in [1.807, 2.05) is 0 Å². The Bertz CT molecular complexity index is 205. The number of rotatable bonds is 4. The second-order valence-electron chi connectivity index (χ2n) is 5.32. The molecule has 0 saturated carbocycles. The Morgan fingerprint density at radius 1 is 1.47 bits per heavy atom. The summed E-state index contributed by atoms with van der Waals surface area (Å²) in [5.74, 6) is 0.797. The first-order valence-corrected chi connectivity index (χ1v) is 6.17. The molecule has 1 atom stereocenters. The van der Waals surface area contributed by atoms with E-state index >= 15 is 0 Å². The van der Waals surface area contributed by atoms with Crippen molar-refractivity contribution < 1.29 is 0 Å². The van der Waals surface area contributed by atoms with Gasteiger partial charge >= 0.3 is 0 Å². The molecule has 15 heavy (non-hydrogen) atoms. The Labute approximate surface area is 94.7 Å². The molecule has 1 fully saturated rings. The van der Waals surface area contributed by atoms with E-state index in [1.165, 1.54) is 25.1 Å². The van der Waals surface area contributed by atoms with Gasteiger partial charge in [0.15, 0.2) is 0 Å². The summed E-state index contributed by atoms with van der Waals surface area (Å²) in [6, 6.07) is 0.698. The van der Waals surface area contributed by atoms with Crippen molar-refractivity contribution in [3.05, 3.63) is 11.6 Å². The highest BCUT2D eigenvalue weighted by atomic mass is 15.2. The van der Waals surface area contributed by atoms with Crippen LogP contribution in [0.5, 0.6) is 0 Å². The quantitative estimate of drug-likeness (QED) is 0.716. The molecule has 1 rings (SSSR count). The number of hydrogen-bond donors (Lipinski definition) is 1. The summed E-state index contributed by atoms with van der Waals surface area (Å²) in [7, 11) is 0. The highest BCUT2D eigenvalue weighted by molar-refractivity contribution is 4.96. The highest BCUT2D eigenvalue weighted by Crippen LogP contribution is 2.09. The first kappa shape index (κ1) is 12.7. The smallest absolute Gasteiger partial charge is 0.0198 e. The molecule has 0 aromatic rings. The average Bonchev–Trinajstić information content (AvgIpc) is 2.14. The molecule has 1 unspecified atom stereocenters. The molecule has 0 radical (unpaired) electrons. The van der Waals surface area contributed by atoms with E-state index in [0.717, 1.165) is 19.0 Å². The van der Waals surface area contributed by atoms with E-state index in [0.29, 0.717) is 6.04 Å². The maximum atomic E-state index is 3.61. The van der Waals surface area contributed by atoms with Gasteiger partial charge in [-0.2, -0.15) is 0 Å². The molecular weight excluding hydrogens is 184 g/mol. The molecule has 1 aliphatic heterocycles. The number of hydrogen-bond acceptors (Lipinski definition) is 2. The molecular formula is C13H26N2. The van der Waals surface area contributed by atoms with Gasteiger partial charge in [-0.25, -0.2) is 0 Å². The fourth-order valence-corrected chi connectivity index (χ4v) is 2.10. The number of piperazine rings is 1. The normalized spacial score (nSPS) is 23.1. The van der Waals surface area contributed by atoms with Crippen LogP contribution in [0.25, 0.3) is 0 Å². The number of allylic oxidation sites excluding steroid dienone is 1. The zero-order valence-corrected chi connectivity index (χ0v) is 10.7. The molecule has 1 saturated heterocycles. The van der Waals surface area contributed by atoms with Crippen LogP contribution in [0.1, 0.15) is 34.1 Å². The third-order valence-corrected chi connectivity index (χ3v) is 2.85. The second-order valence-corrected chi connectivity index (χ2v) is 5.32. The molecule has 0 aromatic heterocycles. The number of nitrogens with zero attached hydrogens (tertiary/aromatic N) is 1. The predicted molar refractivity (Wildman–Crippen MR) is 67.1 cm³/mol. The first-order chi connectivity index (χ1) is 7.08. The summed E-state index contributed by atoms with van der Waals surface area (Å²) in [4.78, 5) is 2.55. The maximum absolute atomic E-state index is 3.61. The van der Waals surface area contributed by atoms with Crippen molar-refractivity contribution in [2.45, 2.75) is 40.2 Å². The van der Waals surface area contributed by atoms with Crippen LogP contribution in [0.15, 0.2) is 11.6 Å². The third-order valence-electron chi connectivity index (χ3n) is 2.85. The van der Waals surface area contributed by atoms with E-state index in [1.54, 1.807) is 0 Å². The summed E-state index contributed by atoms with van der Waals surface area (Å²) in [6.07, 6.45) is 3.63. The standard InChI is InChI=1S/C13H26N2/c1-11(2)5-7-15-8-6-14-13(10-15)9-12(3)4/h5,12-14H,6-10H2,1-4H3. The van der Waals surface area contributed by atoms with Gasteiger partial charge in [-0.05, 0) is 26.2 Å². The van der Waals surface area contributed by atoms with Gasteiger partial charge in [0.05, 0.1) is 0 Å². The fraction of sp³-hybridized carbons (Fsp3) is 0.846. The van der Waals surface area contributed by atoms with E-state index < -0.39 is 0 Å². The summed E-state index contributed by atoms with van der Waals surface area (Å²) >= 11 is 0. The van der Waals surface area contributed by atoms with Crippen molar-refractivity contribution in [2.75, 3.05) is 26.2 Å². The van der Waals surface area contributed by atoms with E-state index in [-0.39, 0.29) is 0 Å². The van der Waals surface area contributed by atoms with E-state index in [9.17, 15) is 0 Å². The van der Waals surface area contributed by atoms with Crippen molar-refractivity contribution in [3.63, 3.8) is 0 Å². The summed E-state index contributed by atoms with van der Waals surface area (Å²) in [5.41, 5.74) is 1.42. The number of nitrogens with one attached hydrogen (secondary N) is 1. The minimum atomic E-state index is 0.698. The van der Waals surface area contributed by atoms with Crippen molar-refractivity contribution in [3.8, 4) is 0 Å². The molecule has 1 heterocycles. The third kappa shape index (κ3) is 5.33. The van der Waals surface area contributed by atoms with Gasteiger partial charge in [-0.3, -0.25) is 4.90 Å². The van der Waals surface area contributed by atoms with Crippen LogP contribution in [0.2, 0.25) is 0 Å². The van der Waals surface area contributed by atoms with Gasteiger partial charge in [0, 0.05) is 32.2 Å². The molecule has 0 amide bonds. The maximum Gasteiger partial charge on any atom is 0.0198 e. The Morgan fingerprint density at radius 2 is 2.20 bits per heavy atom. The summed E-state index contributed by atoms with van der Waals surface area (Å²) in [6.45, 7) is 13.6. The monoisotopic (exact) mass is 210 g/mol. The lowest BCUT2D eigenvalue weighted by molar-refractivity contribution is 0.202. The van der Waals surface area contributed by atoms with Crippen LogP contribution >= 0.6 is 0 Å². The molecule has 1 aliphatic rings. The second kappa shape index (κ2) is 6.29. The minimum Gasteiger partial charge on any atom is -0.311 e. The SMILES string of the molecule is CC(C)=CCN1CCNC(CC(C)C)C1. The zero-order chi connectivity index (χ0) is 11.3. The molecule has 1 N–H and O–H groups in total. The molecule has 0 spiro atoms. The fourth-order valence-electron chi connectivity index (χ4n) is 2.10. The lowest BCUT2D eigenvalue weighted by Crippen LogP contribution is -2.50. The molecule has 88 valence electrons. The van der Waals surface area contributed by atoms with Crippen LogP contribution in [-0.4, -0.2) is 37.1 Å². The van der Waals surface area contributed by atoms with Crippen LogP contribution in [0.4, 0.5) is 0 Å². The van der Waals surface area contributed by atoms with Gasteiger partial charge in [-0.15, -0.1) is 0 Å². The van der Waals surface area contributed by atoms with Crippen molar-refractivity contribution in [1.29, 1.82) is 0 Å². The Kier molecular flexibility index (Phi) is 5.34. The van der Waals surface area contributed by atoms with Gasteiger partial charge in [0.2, 0.25) is 0 Å². The Balaban J connectivity index is 2.32. The Hall–Kier alpha value is -0.340. The molecule has 0 aliphatic carbocycles. The molecule has 2 heteroatoms. The summed E-state index contributed by atoms with van der Waals surface area (Å²) < 4.78 is 0. The molecule has 2 nitrogen and oxygen atoms in total. The lowest BCUT2D eigenvalue weighted by atomic mass is 10.0. The Morgan fingerprint density at radius 3 is 2.80 bits per heavy atom. The van der Waals surface area contributed by atoms with Crippen molar-refractivity contribution in [2.24, 2.45) is 5.92 Å². The van der Waals surface area contributed by atoms with Crippen LogP contribution in [-0.2, 0) is 0 Å². The average molecular weight is 210 g/mol. The van der Waals surface area contributed by atoms with E-state index in [2.05, 4.69) is 44.0 Å². The van der Waals surface area contributed by atoms with Crippen LogP contribution in [0.3, 0.4) is 0 Å². The largest absolute Gasteiger partial charge is 0.311 e.